The van der Waals surface area contributed by atoms with E-state index in [1.807, 2.05) is 36.0 Å². The predicted octanol–water partition coefficient (Wildman–Crippen LogP) is 7.00. The lowest BCUT2D eigenvalue weighted by Crippen LogP contribution is -2.46. The minimum atomic E-state index is -0.343. The van der Waals surface area contributed by atoms with Crippen molar-refractivity contribution in [3.8, 4) is 11.5 Å². The molecule has 7 heteroatoms. The van der Waals surface area contributed by atoms with Crippen molar-refractivity contribution in [2.75, 3.05) is 46.2 Å². The molecule has 2 aliphatic heterocycles. The molecule has 0 spiro atoms. The van der Waals surface area contributed by atoms with E-state index in [2.05, 4.69) is 24.0 Å². The van der Waals surface area contributed by atoms with Crippen LogP contribution in [0.15, 0.2) is 60.7 Å². The van der Waals surface area contributed by atoms with E-state index in [4.69, 9.17) is 14.2 Å². The van der Waals surface area contributed by atoms with Crippen molar-refractivity contribution in [3.63, 3.8) is 0 Å². The van der Waals surface area contributed by atoms with Crippen molar-refractivity contribution in [1.29, 1.82) is 0 Å². The lowest BCUT2D eigenvalue weighted by Gasteiger charge is -2.45. The zero-order valence-electron chi connectivity index (χ0n) is 22.9. The summed E-state index contributed by atoms with van der Waals surface area (Å²) in [5.74, 6) is 2.37. The predicted molar refractivity (Wildman–Crippen MR) is 153 cm³/mol. The van der Waals surface area contributed by atoms with Crippen LogP contribution in [0.25, 0.3) is 0 Å². The average Bonchev–Trinajstić information content (AvgIpc) is 2.96. The van der Waals surface area contributed by atoms with Gasteiger partial charge < -0.3 is 19.1 Å². The van der Waals surface area contributed by atoms with Gasteiger partial charge in [-0.25, -0.2) is 8.78 Å². The summed E-state index contributed by atoms with van der Waals surface area (Å²) in [6, 6.07) is 17.5. The summed E-state index contributed by atoms with van der Waals surface area (Å²) in [5.41, 5.74) is 4.22. The fraction of sp³-hybridized carbons (Fsp3) is 0.438. The van der Waals surface area contributed by atoms with Crippen molar-refractivity contribution in [2.45, 2.75) is 37.0 Å². The summed E-state index contributed by atoms with van der Waals surface area (Å²) in [4.78, 5) is 2.53. The molecule has 0 aromatic heterocycles. The molecule has 1 fully saturated rings. The number of likely N-dealkylation sites (tertiary alicyclic amines) is 1. The van der Waals surface area contributed by atoms with Crippen LogP contribution >= 0.6 is 11.8 Å². The van der Waals surface area contributed by atoms with Gasteiger partial charge in [0.05, 0.1) is 31.7 Å². The second-order valence-electron chi connectivity index (χ2n) is 10.5. The van der Waals surface area contributed by atoms with E-state index in [-0.39, 0.29) is 22.5 Å². The van der Waals surface area contributed by atoms with Crippen LogP contribution in [-0.2, 0) is 16.8 Å². The number of piperidine rings is 1. The number of nitrogens with zero attached hydrogens (tertiary/aromatic N) is 1. The molecular weight excluding hydrogens is 516 g/mol. The quantitative estimate of drug-likeness (QED) is 0.285. The molecule has 3 aromatic carbocycles. The maximum absolute atomic E-state index is 13.6. The second kappa shape index (κ2) is 12.3. The lowest BCUT2D eigenvalue weighted by atomic mass is 9.74. The third kappa shape index (κ3) is 6.11. The van der Waals surface area contributed by atoms with Crippen molar-refractivity contribution in [2.24, 2.45) is 5.92 Å². The molecule has 208 valence electrons. The van der Waals surface area contributed by atoms with Gasteiger partial charge in [0.1, 0.15) is 11.6 Å². The van der Waals surface area contributed by atoms with E-state index < -0.39 is 0 Å². The number of rotatable bonds is 9. The monoisotopic (exact) mass is 553 g/mol. The van der Waals surface area contributed by atoms with E-state index in [1.54, 1.807) is 14.2 Å². The van der Waals surface area contributed by atoms with Gasteiger partial charge in [-0.3, -0.25) is 0 Å². The Kier molecular flexibility index (Phi) is 8.79. The third-order valence-electron chi connectivity index (χ3n) is 8.32. The van der Waals surface area contributed by atoms with Gasteiger partial charge >= 0.3 is 0 Å². The van der Waals surface area contributed by atoms with Crippen LogP contribution in [-0.4, -0.2) is 51.1 Å². The highest BCUT2D eigenvalue weighted by molar-refractivity contribution is 7.99. The second-order valence-corrected chi connectivity index (χ2v) is 11.8. The van der Waals surface area contributed by atoms with Gasteiger partial charge in [0.15, 0.2) is 11.5 Å². The first-order chi connectivity index (χ1) is 18.9. The fourth-order valence-corrected chi connectivity index (χ4v) is 7.34. The molecule has 0 bridgehead atoms. The Morgan fingerprint density at radius 2 is 1.49 bits per heavy atom. The highest BCUT2D eigenvalue weighted by Gasteiger charge is 2.42. The Labute approximate surface area is 234 Å². The highest BCUT2D eigenvalue weighted by atomic mass is 32.2. The topological polar surface area (TPSA) is 30.9 Å². The normalized spacial score (nSPS) is 20.2. The first kappa shape index (κ1) is 27.9. The molecule has 0 aliphatic carbocycles. The molecule has 1 atom stereocenters. The van der Waals surface area contributed by atoms with E-state index >= 15 is 0 Å². The zero-order chi connectivity index (χ0) is 27.4. The largest absolute Gasteiger partial charge is 0.493 e. The molecule has 1 unspecified atom stereocenters. The fourth-order valence-electron chi connectivity index (χ4n) is 6.05. The number of halogens is 2. The molecule has 0 amide bonds. The van der Waals surface area contributed by atoms with Crippen molar-refractivity contribution >= 4 is 11.8 Å². The van der Waals surface area contributed by atoms with Gasteiger partial charge in [0.2, 0.25) is 0 Å². The first-order valence-electron chi connectivity index (χ1n) is 13.7. The van der Waals surface area contributed by atoms with Gasteiger partial charge in [-0.1, -0.05) is 24.3 Å². The number of ether oxygens (including phenoxy) is 3. The van der Waals surface area contributed by atoms with Crippen LogP contribution in [0, 0.1) is 17.6 Å². The summed E-state index contributed by atoms with van der Waals surface area (Å²) >= 11 is 1.82. The number of hydrogen-bond donors (Lipinski definition) is 0. The SMILES string of the molecule is COc1cc2c(cc1OC)C(C)(C1CCN(CCSC(c3ccc(F)cc3)c3ccc(F)cc3)CC1)OCC2. The number of benzene rings is 3. The Morgan fingerprint density at radius 1 is 0.923 bits per heavy atom. The van der Waals surface area contributed by atoms with E-state index in [9.17, 15) is 8.78 Å². The summed E-state index contributed by atoms with van der Waals surface area (Å²) in [6.45, 7) is 5.96. The lowest BCUT2D eigenvalue weighted by molar-refractivity contribution is -0.103. The van der Waals surface area contributed by atoms with Crippen molar-refractivity contribution < 1.29 is 23.0 Å². The van der Waals surface area contributed by atoms with Gasteiger partial charge in [-0.2, -0.15) is 0 Å². The van der Waals surface area contributed by atoms with Crippen LogP contribution in [0.5, 0.6) is 11.5 Å². The highest BCUT2D eigenvalue weighted by Crippen LogP contribution is 2.46. The standard InChI is InChI=1S/C32H37F2NO3S/c1-32(28-21-30(37-3)29(36-2)20-24(28)14-18-38-32)25-12-15-35(16-13-25)17-19-39-31(22-4-8-26(33)9-5-22)23-6-10-27(34)11-7-23/h4-11,20-21,25,31H,12-19H2,1-3H3. The molecule has 0 radical (unpaired) electrons. The smallest absolute Gasteiger partial charge is 0.161 e. The average molecular weight is 554 g/mol. The Balaban J connectivity index is 1.21. The van der Waals surface area contributed by atoms with E-state index in [0.717, 1.165) is 67.3 Å². The van der Waals surface area contributed by atoms with Gasteiger partial charge in [0.25, 0.3) is 0 Å². The van der Waals surface area contributed by atoms with Crippen LogP contribution in [0.2, 0.25) is 0 Å². The Hall–Kier alpha value is -2.61. The zero-order valence-corrected chi connectivity index (χ0v) is 23.7. The van der Waals surface area contributed by atoms with Crippen molar-refractivity contribution in [3.05, 3.63) is 94.6 Å². The molecule has 2 heterocycles. The maximum Gasteiger partial charge on any atom is 0.161 e. The van der Waals surface area contributed by atoms with Crippen LogP contribution < -0.4 is 9.47 Å². The number of hydrogen-bond acceptors (Lipinski definition) is 5. The summed E-state index contributed by atoms with van der Waals surface area (Å²) in [7, 11) is 3.36. The number of fused-ring (bicyclic) bond motifs is 1. The summed E-state index contributed by atoms with van der Waals surface area (Å²) in [5, 5.41) is 0.0294. The molecule has 0 N–H and O–H groups in total. The summed E-state index contributed by atoms with van der Waals surface area (Å²) < 4.78 is 44.8. The molecule has 0 saturated carbocycles. The van der Waals surface area contributed by atoms with Crippen LogP contribution in [0.3, 0.4) is 0 Å². The summed E-state index contributed by atoms with van der Waals surface area (Å²) in [6.07, 6.45) is 3.01. The maximum atomic E-state index is 13.6. The number of methoxy groups -OCH3 is 2. The first-order valence-corrected chi connectivity index (χ1v) is 14.7. The Bertz CT molecular complexity index is 1200. The molecular formula is C32H37F2NO3S. The minimum Gasteiger partial charge on any atom is -0.493 e. The minimum absolute atomic E-state index is 0.0294. The van der Waals surface area contributed by atoms with Gasteiger partial charge in [-0.05, 0) is 104 Å². The van der Waals surface area contributed by atoms with Gasteiger partial charge in [-0.15, -0.1) is 11.8 Å². The van der Waals surface area contributed by atoms with Crippen LogP contribution in [0.1, 0.15) is 47.3 Å². The van der Waals surface area contributed by atoms with Crippen LogP contribution in [0.4, 0.5) is 8.78 Å². The third-order valence-corrected chi connectivity index (χ3v) is 9.62. The van der Waals surface area contributed by atoms with E-state index in [1.165, 1.54) is 35.4 Å². The van der Waals surface area contributed by atoms with Gasteiger partial charge in [0, 0.05) is 12.3 Å². The molecule has 39 heavy (non-hydrogen) atoms. The molecule has 1 saturated heterocycles. The Morgan fingerprint density at radius 3 is 2.05 bits per heavy atom. The molecule has 3 aromatic rings. The van der Waals surface area contributed by atoms with E-state index in [0.29, 0.717) is 12.5 Å². The molecule has 4 nitrogen and oxygen atoms in total. The molecule has 2 aliphatic rings. The number of thioether (sulfide) groups is 1. The molecule has 5 rings (SSSR count). The van der Waals surface area contributed by atoms with Crippen molar-refractivity contribution in [1.82, 2.24) is 4.90 Å².